The number of carbonyl (C=O) groups is 1. The number of rotatable bonds is 7. The van der Waals surface area contributed by atoms with E-state index in [0.29, 0.717) is 11.5 Å². The van der Waals surface area contributed by atoms with Gasteiger partial charge in [-0.15, -0.1) is 0 Å². The Morgan fingerprint density at radius 2 is 2.08 bits per heavy atom. The van der Waals surface area contributed by atoms with Gasteiger partial charge in [-0.3, -0.25) is 4.79 Å². The second-order valence-electron chi connectivity index (χ2n) is 5.43. The summed E-state index contributed by atoms with van der Waals surface area (Å²) in [5.41, 5.74) is 1.86. The number of hydrogen-bond donors (Lipinski definition) is 2. The van der Waals surface area contributed by atoms with E-state index in [2.05, 4.69) is 38.5 Å². The Balaban J connectivity index is 1.99. The monoisotopic (exact) mass is 398 g/mol. The first kappa shape index (κ1) is 18.7. The van der Waals surface area contributed by atoms with Gasteiger partial charge in [-0.1, -0.05) is 41.4 Å². The Kier molecular flexibility index (Phi) is 7.17. The van der Waals surface area contributed by atoms with Gasteiger partial charge in [-0.05, 0) is 42.7 Å². The molecule has 5 nitrogen and oxygen atoms in total. The quantitative estimate of drug-likeness (QED) is 0.525. The molecule has 0 radical (unpaired) electrons. The predicted molar refractivity (Wildman–Crippen MR) is 103 cm³/mol. The molecule has 2 N–H and O–H groups in total. The Morgan fingerprint density at radius 1 is 1.32 bits per heavy atom. The van der Waals surface area contributed by atoms with E-state index in [4.69, 9.17) is 0 Å². The molecule has 0 aliphatic rings. The summed E-state index contributed by atoms with van der Waals surface area (Å²) in [6.45, 7) is 2.15. The topological polar surface area (TPSA) is 77.8 Å². The third-order valence-electron chi connectivity index (χ3n) is 3.48. The van der Waals surface area contributed by atoms with E-state index in [9.17, 15) is 10.1 Å². The van der Waals surface area contributed by atoms with Crippen molar-refractivity contribution in [1.29, 1.82) is 5.26 Å². The number of nitriles is 1. The van der Waals surface area contributed by atoms with Crippen molar-refractivity contribution in [2.24, 2.45) is 0 Å². The third-order valence-corrected chi connectivity index (χ3v) is 3.98. The third kappa shape index (κ3) is 6.05. The van der Waals surface area contributed by atoms with Crippen molar-refractivity contribution in [2.75, 3.05) is 10.6 Å². The zero-order valence-electron chi connectivity index (χ0n) is 13.9. The van der Waals surface area contributed by atoms with Crippen LogP contribution >= 0.6 is 15.9 Å². The molecule has 0 spiro atoms. The summed E-state index contributed by atoms with van der Waals surface area (Å²) < 4.78 is 0.851. The van der Waals surface area contributed by atoms with Gasteiger partial charge in [0.15, 0.2) is 0 Å². The Morgan fingerprint density at radius 3 is 2.72 bits per heavy atom. The number of aryl methyl sites for hydroxylation is 1. The maximum absolute atomic E-state index is 12.2. The van der Waals surface area contributed by atoms with Gasteiger partial charge in [0.25, 0.3) is 5.91 Å². The molecule has 0 aliphatic carbocycles. The first-order valence-corrected chi connectivity index (χ1v) is 8.80. The minimum Gasteiger partial charge on any atom is -0.345 e. The first-order valence-electron chi connectivity index (χ1n) is 8.01. The number of nitrogens with zero attached hydrogens (tertiary/aromatic N) is 2. The SMILES string of the molecule is CCCCc1ccc(NC(=O)/C(C#N)=C\Nc2cc(Br)ccn2)cc1. The van der Waals surface area contributed by atoms with Crippen LogP contribution in [0.15, 0.2) is 58.8 Å². The molecular weight excluding hydrogens is 380 g/mol. The van der Waals surface area contributed by atoms with Crippen LogP contribution in [0.25, 0.3) is 0 Å². The van der Waals surface area contributed by atoms with Crippen molar-refractivity contribution in [3.63, 3.8) is 0 Å². The lowest BCUT2D eigenvalue weighted by molar-refractivity contribution is -0.112. The summed E-state index contributed by atoms with van der Waals surface area (Å²) in [5, 5.41) is 14.8. The van der Waals surface area contributed by atoms with Crippen molar-refractivity contribution in [3.05, 3.63) is 64.4 Å². The second kappa shape index (κ2) is 9.60. The molecule has 0 saturated carbocycles. The summed E-state index contributed by atoms with van der Waals surface area (Å²) in [4.78, 5) is 16.3. The van der Waals surface area contributed by atoms with Gasteiger partial charge in [-0.2, -0.15) is 5.26 Å². The molecule has 0 saturated heterocycles. The molecule has 6 heteroatoms. The number of nitrogens with one attached hydrogen (secondary N) is 2. The van der Waals surface area contributed by atoms with Crippen LogP contribution in [-0.2, 0) is 11.2 Å². The van der Waals surface area contributed by atoms with Crippen molar-refractivity contribution in [3.8, 4) is 6.07 Å². The molecule has 0 bridgehead atoms. The fourth-order valence-electron chi connectivity index (χ4n) is 2.11. The summed E-state index contributed by atoms with van der Waals surface area (Å²) in [6.07, 6.45) is 6.28. The molecule has 0 aliphatic heterocycles. The fraction of sp³-hybridized carbons (Fsp3) is 0.211. The molecule has 2 rings (SSSR count). The van der Waals surface area contributed by atoms with Gasteiger partial charge in [0, 0.05) is 22.6 Å². The number of aromatic nitrogens is 1. The first-order chi connectivity index (χ1) is 12.1. The number of benzene rings is 1. The summed E-state index contributed by atoms with van der Waals surface area (Å²) in [6, 6.07) is 13.1. The predicted octanol–water partition coefficient (Wildman–Crippen LogP) is 4.64. The Bertz CT molecular complexity index is 794. The Hall–Kier alpha value is -2.65. The van der Waals surface area contributed by atoms with Crippen molar-refractivity contribution < 1.29 is 4.79 Å². The molecule has 1 aromatic heterocycles. The maximum atomic E-state index is 12.2. The number of halogens is 1. The number of amides is 1. The van der Waals surface area contributed by atoms with Gasteiger partial charge < -0.3 is 10.6 Å². The normalized spacial score (nSPS) is 10.8. The van der Waals surface area contributed by atoms with Crippen LogP contribution in [0.2, 0.25) is 0 Å². The molecule has 0 fully saturated rings. The van der Waals surface area contributed by atoms with Crippen molar-refractivity contribution in [2.45, 2.75) is 26.2 Å². The van der Waals surface area contributed by atoms with Gasteiger partial charge in [0.05, 0.1) is 0 Å². The van der Waals surface area contributed by atoms with Crippen LogP contribution in [0.3, 0.4) is 0 Å². The molecule has 1 aromatic carbocycles. The highest BCUT2D eigenvalue weighted by atomic mass is 79.9. The van der Waals surface area contributed by atoms with Crippen LogP contribution in [0.1, 0.15) is 25.3 Å². The van der Waals surface area contributed by atoms with E-state index >= 15 is 0 Å². The van der Waals surface area contributed by atoms with Crippen molar-refractivity contribution in [1.82, 2.24) is 4.98 Å². The van der Waals surface area contributed by atoms with Crippen LogP contribution in [0.5, 0.6) is 0 Å². The highest BCUT2D eigenvalue weighted by Gasteiger charge is 2.09. The second-order valence-corrected chi connectivity index (χ2v) is 6.34. The van der Waals surface area contributed by atoms with Crippen LogP contribution in [0, 0.1) is 11.3 Å². The van der Waals surface area contributed by atoms with Crippen LogP contribution < -0.4 is 10.6 Å². The van der Waals surface area contributed by atoms with E-state index in [0.717, 1.165) is 23.7 Å². The lowest BCUT2D eigenvalue weighted by Gasteiger charge is -2.06. The van der Waals surface area contributed by atoms with Crippen molar-refractivity contribution >= 4 is 33.3 Å². The summed E-state index contributed by atoms with van der Waals surface area (Å²) in [5.74, 6) is 0.0708. The van der Waals surface area contributed by atoms with E-state index in [1.165, 1.54) is 11.8 Å². The number of pyridine rings is 1. The van der Waals surface area contributed by atoms with Gasteiger partial charge in [0.1, 0.15) is 17.5 Å². The standard InChI is InChI=1S/C19H19BrN4O/c1-2-3-4-14-5-7-17(8-6-14)24-19(25)15(12-21)13-23-18-11-16(20)9-10-22-18/h5-11,13H,2-4H2,1H3,(H,22,23)(H,24,25)/b15-13-. The average Bonchev–Trinajstić information content (AvgIpc) is 2.62. The Labute approximate surface area is 155 Å². The smallest absolute Gasteiger partial charge is 0.267 e. The molecule has 0 atom stereocenters. The molecule has 2 aromatic rings. The van der Waals surface area contributed by atoms with Gasteiger partial charge in [-0.25, -0.2) is 4.98 Å². The minimum absolute atomic E-state index is 0.0307. The van der Waals surface area contributed by atoms with Gasteiger partial charge >= 0.3 is 0 Å². The fourth-order valence-corrected chi connectivity index (χ4v) is 2.45. The highest BCUT2D eigenvalue weighted by molar-refractivity contribution is 9.10. The van der Waals surface area contributed by atoms with Gasteiger partial charge in [0.2, 0.25) is 0 Å². The van der Waals surface area contributed by atoms with Crippen LogP contribution in [-0.4, -0.2) is 10.9 Å². The van der Waals surface area contributed by atoms with E-state index in [1.54, 1.807) is 18.3 Å². The molecule has 1 amide bonds. The number of carbonyl (C=O) groups excluding carboxylic acids is 1. The molecule has 0 unspecified atom stereocenters. The van der Waals surface area contributed by atoms with E-state index in [-0.39, 0.29) is 5.57 Å². The maximum Gasteiger partial charge on any atom is 0.267 e. The largest absolute Gasteiger partial charge is 0.345 e. The van der Waals surface area contributed by atoms with E-state index in [1.807, 2.05) is 30.3 Å². The minimum atomic E-state index is -0.466. The molecule has 128 valence electrons. The zero-order chi connectivity index (χ0) is 18.1. The average molecular weight is 399 g/mol. The zero-order valence-corrected chi connectivity index (χ0v) is 15.5. The number of hydrogen-bond acceptors (Lipinski definition) is 4. The molecule has 25 heavy (non-hydrogen) atoms. The number of anilines is 2. The van der Waals surface area contributed by atoms with E-state index < -0.39 is 5.91 Å². The summed E-state index contributed by atoms with van der Waals surface area (Å²) >= 11 is 3.34. The lowest BCUT2D eigenvalue weighted by atomic mass is 10.1. The summed E-state index contributed by atoms with van der Waals surface area (Å²) in [7, 11) is 0. The molecule has 1 heterocycles. The number of unbranched alkanes of at least 4 members (excludes halogenated alkanes) is 1. The highest BCUT2D eigenvalue weighted by Crippen LogP contribution is 2.14. The lowest BCUT2D eigenvalue weighted by Crippen LogP contribution is -2.14. The molecular formula is C19H19BrN4O. The van der Waals surface area contributed by atoms with Crippen LogP contribution in [0.4, 0.5) is 11.5 Å².